The minimum Gasteiger partial charge on any atom is -0.506 e. The van der Waals surface area contributed by atoms with E-state index in [9.17, 15) is 5.11 Å². The standard InChI is InChI=1S/C21H25N5O2S/c1-2-18-10-19-20(29-18)3-8-28-21(19)4-6-25(7-5-21)13-15-14-26(24-23-15)16-9-17(27)12-22-11-16/h9-12,14,27H,2-8,13H2,1H3. The molecule has 5 heterocycles. The van der Waals surface area contributed by atoms with Gasteiger partial charge < -0.3 is 9.84 Å². The summed E-state index contributed by atoms with van der Waals surface area (Å²) < 4.78 is 8.03. The minimum atomic E-state index is -0.0984. The molecule has 0 saturated carbocycles. The molecule has 1 saturated heterocycles. The maximum atomic E-state index is 9.61. The summed E-state index contributed by atoms with van der Waals surface area (Å²) in [6.07, 6.45) is 9.16. The highest BCUT2D eigenvalue weighted by Gasteiger charge is 2.41. The Morgan fingerprint density at radius 3 is 2.90 bits per heavy atom. The van der Waals surface area contributed by atoms with Gasteiger partial charge >= 0.3 is 0 Å². The van der Waals surface area contributed by atoms with Crippen molar-refractivity contribution in [1.29, 1.82) is 0 Å². The molecule has 5 rings (SSSR count). The molecule has 0 aromatic carbocycles. The molecule has 0 unspecified atom stereocenters. The predicted octanol–water partition coefficient (Wildman–Crippen LogP) is 3.06. The zero-order valence-electron chi connectivity index (χ0n) is 16.5. The predicted molar refractivity (Wildman–Crippen MR) is 110 cm³/mol. The molecule has 1 N–H and O–H groups in total. The van der Waals surface area contributed by atoms with Crippen LogP contribution in [0.5, 0.6) is 5.75 Å². The Balaban J connectivity index is 1.26. The Morgan fingerprint density at radius 2 is 2.10 bits per heavy atom. The van der Waals surface area contributed by atoms with Crippen LogP contribution >= 0.6 is 11.3 Å². The van der Waals surface area contributed by atoms with Crippen LogP contribution in [0.4, 0.5) is 0 Å². The molecule has 2 aliphatic rings. The highest BCUT2D eigenvalue weighted by Crippen LogP contribution is 2.44. The number of ether oxygens (including phenoxy) is 1. The quantitative estimate of drug-likeness (QED) is 0.711. The summed E-state index contributed by atoms with van der Waals surface area (Å²) in [6.45, 7) is 5.80. The summed E-state index contributed by atoms with van der Waals surface area (Å²) in [5, 5.41) is 18.1. The number of aromatic nitrogens is 4. The van der Waals surface area contributed by atoms with E-state index in [0.717, 1.165) is 57.6 Å². The van der Waals surface area contributed by atoms with Crippen molar-refractivity contribution < 1.29 is 9.84 Å². The van der Waals surface area contributed by atoms with Crippen LogP contribution in [0.1, 0.15) is 40.8 Å². The summed E-state index contributed by atoms with van der Waals surface area (Å²) in [7, 11) is 0. The van der Waals surface area contributed by atoms with Gasteiger partial charge in [0.05, 0.1) is 42.2 Å². The maximum absolute atomic E-state index is 9.61. The normalized spacial score (nSPS) is 18.8. The third-order valence-electron chi connectivity index (χ3n) is 5.97. The Labute approximate surface area is 174 Å². The third-order valence-corrected chi connectivity index (χ3v) is 7.31. The Kier molecular flexibility index (Phi) is 4.85. The smallest absolute Gasteiger partial charge is 0.136 e. The number of rotatable bonds is 4. The lowest BCUT2D eigenvalue weighted by atomic mass is 9.82. The summed E-state index contributed by atoms with van der Waals surface area (Å²) in [6, 6.07) is 4.02. The molecule has 0 atom stereocenters. The number of aryl methyl sites for hydroxylation is 1. The van der Waals surface area contributed by atoms with E-state index in [1.54, 1.807) is 16.9 Å². The lowest BCUT2D eigenvalue weighted by molar-refractivity contribution is -0.0982. The molecule has 8 heteroatoms. The number of fused-ring (bicyclic) bond motifs is 2. The van der Waals surface area contributed by atoms with Gasteiger partial charge in [0.2, 0.25) is 0 Å². The summed E-state index contributed by atoms with van der Waals surface area (Å²) in [4.78, 5) is 9.42. The van der Waals surface area contributed by atoms with Gasteiger partial charge in [0.1, 0.15) is 5.75 Å². The molecule has 1 fully saturated rings. The number of aromatic hydroxyl groups is 1. The van der Waals surface area contributed by atoms with Crippen molar-refractivity contribution in [3.63, 3.8) is 0 Å². The zero-order chi connectivity index (χ0) is 19.8. The molecule has 0 amide bonds. The van der Waals surface area contributed by atoms with Crippen molar-refractivity contribution in [3.05, 3.63) is 51.7 Å². The molecule has 152 valence electrons. The fourth-order valence-electron chi connectivity index (χ4n) is 4.40. The Bertz CT molecular complexity index is 1010. The molecule has 0 bridgehead atoms. The number of hydrogen-bond donors (Lipinski definition) is 1. The van der Waals surface area contributed by atoms with E-state index in [0.29, 0.717) is 5.69 Å². The maximum Gasteiger partial charge on any atom is 0.136 e. The van der Waals surface area contributed by atoms with Crippen LogP contribution in [0.2, 0.25) is 0 Å². The average molecular weight is 412 g/mol. The number of pyridine rings is 1. The molecule has 7 nitrogen and oxygen atoms in total. The number of thiophene rings is 1. The van der Waals surface area contributed by atoms with E-state index in [1.807, 2.05) is 17.5 Å². The zero-order valence-corrected chi connectivity index (χ0v) is 17.4. The van der Waals surface area contributed by atoms with E-state index >= 15 is 0 Å². The van der Waals surface area contributed by atoms with Gasteiger partial charge in [-0.25, -0.2) is 4.68 Å². The fraction of sp³-hybridized carbons (Fsp3) is 0.476. The van der Waals surface area contributed by atoms with Crippen molar-refractivity contribution in [1.82, 2.24) is 24.9 Å². The highest BCUT2D eigenvalue weighted by molar-refractivity contribution is 7.12. The molecule has 0 aliphatic carbocycles. The number of hydrogen-bond acceptors (Lipinski definition) is 7. The second kappa shape index (κ2) is 7.51. The van der Waals surface area contributed by atoms with Crippen LogP contribution in [0.25, 0.3) is 5.69 Å². The Morgan fingerprint density at radius 1 is 1.24 bits per heavy atom. The van der Waals surface area contributed by atoms with E-state index in [2.05, 4.69) is 33.2 Å². The molecular weight excluding hydrogens is 386 g/mol. The first-order valence-corrected chi connectivity index (χ1v) is 11.0. The third kappa shape index (κ3) is 3.56. The molecule has 0 radical (unpaired) electrons. The second-order valence-electron chi connectivity index (χ2n) is 7.83. The first-order valence-electron chi connectivity index (χ1n) is 10.2. The summed E-state index contributed by atoms with van der Waals surface area (Å²) in [5.74, 6) is 0.118. The molecule has 2 aliphatic heterocycles. The van der Waals surface area contributed by atoms with E-state index < -0.39 is 0 Å². The molecule has 3 aromatic heterocycles. The molecule has 3 aromatic rings. The SMILES string of the molecule is CCc1cc2c(s1)CCOC21CCN(Cc2cn(-c3cncc(O)c3)nn2)CC1. The monoisotopic (exact) mass is 411 g/mol. The molecule has 29 heavy (non-hydrogen) atoms. The van der Waals surface area contributed by atoms with Gasteiger partial charge in [-0.1, -0.05) is 12.1 Å². The summed E-state index contributed by atoms with van der Waals surface area (Å²) in [5.41, 5.74) is 2.97. The van der Waals surface area contributed by atoms with Gasteiger partial charge in [-0.05, 0) is 30.9 Å². The van der Waals surface area contributed by atoms with Crippen LogP contribution < -0.4 is 0 Å². The lowest BCUT2D eigenvalue weighted by Crippen LogP contribution is -2.45. The van der Waals surface area contributed by atoms with Crippen LogP contribution in [-0.2, 0) is 29.7 Å². The Hall–Kier alpha value is -2.29. The van der Waals surface area contributed by atoms with Crippen molar-refractivity contribution in [2.75, 3.05) is 19.7 Å². The van der Waals surface area contributed by atoms with Gasteiger partial charge in [0, 0.05) is 41.9 Å². The van der Waals surface area contributed by atoms with Gasteiger partial charge in [-0.2, -0.15) is 0 Å². The van der Waals surface area contributed by atoms with E-state index in [1.165, 1.54) is 21.5 Å². The largest absolute Gasteiger partial charge is 0.506 e. The lowest BCUT2D eigenvalue weighted by Gasteiger charge is -2.44. The molecular formula is C21H25N5O2S. The topological polar surface area (TPSA) is 76.3 Å². The van der Waals surface area contributed by atoms with Crippen LogP contribution in [0.15, 0.2) is 30.7 Å². The van der Waals surface area contributed by atoms with E-state index in [4.69, 9.17) is 4.74 Å². The second-order valence-corrected chi connectivity index (χ2v) is 9.05. The van der Waals surface area contributed by atoms with Gasteiger partial charge in [0.15, 0.2) is 0 Å². The highest BCUT2D eigenvalue weighted by atomic mass is 32.1. The number of piperidine rings is 1. The van der Waals surface area contributed by atoms with Gasteiger partial charge in [0.25, 0.3) is 0 Å². The number of likely N-dealkylation sites (tertiary alicyclic amines) is 1. The van der Waals surface area contributed by atoms with Crippen molar-refractivity contribution in [2.24, 2.45) is 0 Å². The van der Waals surface area contributed by atoms with Crippen molar-refractivity contribution >= 4 is 11.3 Å². The first-order chi connectivity index (χ1) is 14.1. The van der Waals surface area contributed by atoms with Crippen LogP contribution in [0, 0.1) is 0 Å². The average Bonchev–Trinajstić information content (AvgIpc) is 3.38. The summed E-state index contributed by atoms with van der Waals surface area (Å²) >= 11 is 1.97. The molecule has 1 spiro atoms. The minimum absolute atomic E-state index is 0.0984. The fourth-order valence-corrected chi connectivity index (χ4v) is 5.58. The van der Waals surface area contributed by atoms with Gasteiger partial charge in [-0.15, -0.1) is 16.4 Å². The first kappa shape index (κ1) is 18.7. The van der Waals surface area contributed by atoms with Crippen molar-refractivity contribution in [3.8, 4) is 11.4 Å². The van der Waals surface area contributed by atoms with Gasteiger partial charge in [-0.3, -0.25) is 9.88 Å². The van der Waals surface area contributed by atoms with Crippen molar-refractivity contribution in [2.45, 2.75) is 44.8 Å². The van der Waals surface area contributed by atoms with E-state index in [-0.39, 0.29) is 11.4 Å². The van der Waals surface area contributed by atoms with Crippen LogP contribution in [-0.4, -0.2) is 49.7 Å². The van der Waals surface area contributed by atoms with Crippen LogP contribution in [0.3, 0.4) is 0 Å². The number of nitrogens with zero attached hydrogens (tertiary/aromatic N) is 5.